The Balaban J connectivity index is 2.18. The largest absolute Gasteiger partial charge is 0.338 e. The average Bonchev–Trinajstić information content (AvgIpc) is 2.38. The minimum absolute atomic E-state index is 0.147. The number of aryl methyl sites for hydroxylation is 2. The molecule has 1 aliphatic carbocycles. The van der Waals surface area contributed by atoms with Gasteiger partial charge in [-0.25, -0.2) is 0 Å². The van der Waals surface area contributed by atoms with Gasteiger partial charge in [0.05, 0.1) is 0 Å². The van der Waals surface area contributed by atoms with Gasteiger partial charge in [0.1, 0.15) is 0 Å². The summed E-state index contributed by atoms with van der Waals surface area (Å²) in [5.41, 5.74) is 3.10. The minimum Gasteiger partial charge on any atom is -0.338 e. The lowest BCUT2D eigenvalue weighted by molar-refractivity contribution is 0.0704. The van der Waals surface area contributed by atoms with Crippen LogP contribution in [0.4, 0.5) is 0 Å². The first-order valence-electron chi connectivity index (χ1n) is 6.99. The molecular weight excluding hydrogens is 302 g/mol. The normalized spacial score (nSPS) is 23.2. The van der Waals surface area contributed by atoms with Gasteiger partial charge >= 0.3 is 0 Å². The van der Waals surface area contributed by atoms with Crippen molar-refractivity contribution in [3.8, 4) is 0 Å². The fourth-order valence-electron chi connectivity index (χ4n) is 2.90. The molecule has 2 nitrogen and oxygen atoms in total. The zero-order valence-corrected chi connectivity index (χ0v) is 13.5. The molecule has 1 amide bonds. The van der Waals surface area contributed by atoms with Crippen LogP contribution < -0.4 is 0 Å². The van der Waals surface area contributed by atoms with Crippen LogP contribution in [-0.4, -0.2) is 28.7 Å². The molecule has 19 heavy (non-hydrogen) atoms. The van der Waals surface area contributed by atoms with Gasteiger partial charge in [-0.2, -0.15) is 0 Å². The van der Waals surface area contributed by atoms with Crippen molar-refractivity contribution in [1.29, 1.82) is 0 Å². The number of amides is 1. The lowest BCUT2D eigenvalue weighted by atomic mass is 9.93. The van der Waals surface area contributed by atoms with Gasteiger partial charge in [0, 0.05) is 23.5 Å². The Labute approximate surface area is 124 Å². The second kappa shape index (κ2) is 6.08. The van der Waals surface area contributed by atoms with Crippen LogP contribution in [0.2, 0.25) is 0 Å². The molecule has 0 radical (unpaired) electrons. The summed E-state index contributed by atoms with van der Waals surface area (Å²) in [6.07, 6.45) is 4.74. The van der Waals surface area contributed by atoms with Gasteiger partial charge in [-0.15, -0.1) is 0 Å². The van der Waals surface area contributed by atoms with E-state index < -0.39 is 0 Å². The molecule has 104 valence electrons. The molecule has 3 heteroatoms. The standard InChI is InChI=1S/C16H22BrNO/c1-11-8-9-13(12(2)10-11)16(19)18(3)15-7-5-4-6-14(15)17/h8-10,14-15H,4-7H2,1-3H3. The third-order valence-electron chi connectivity index (χ3n) is 4.08. The second-order valence-electron chi connectivity index (χ2n) is 5.60. The van der Waals surface area contributed by atoms with E-state index in [9.17, 15) is 4.79 Å². The van der Waals surface area contributed by atoms with Crippen LogP contribution in [0.1, 0.15) is 47.2 Å². The fourth-order valence-corrected chi connectivity index (χ4v) is 3.84. The maximum atomic E-state index is 12.6. The summed E-state index contributed by atoms with van der Waals surface area (Å²) in [5.74, 6) is 0.147. The summed E-state index contributed by atoms with van der Waals surface area (Å²) in [4.78, 5) is 15.0. The monoisotopic (exact) mass is 323 g/mol. The number of carbonyl (C=O) groups is 1. The Kier molecular flexibility index (Phi) is 4.67. The number of carbonyl (C=O) groups excluding carboxylic acids is 1. The third kappa shape index (κ3) is 3.19. The van der Waals surface area contributed by atoms with Crippen molar-refractivity contribution >= 4 is 21.8 Å². The maximum absolute atomic E-state index is 12.6. The summed E-state index contributed by atoms with van der Waals surface area (Å²) in [6.45, 7) is 4.07. The molecule has 0 saturated heterocycles. The van der Waals surface area contributed by atoms with Crippen LogP contribution in [-0.2, 0) is 0 Å². The molecule has 0 bridgehead atoms. The van der Waals surface area contributed by atoms with Gasteiger partial charge in [0.2, 0.25) is 0 Å². The Bertz CT molecular complexity index is 472. The molecular formula is C16H22BrNO. The SMILES string of the molecule is Cc1ccc(C(=O)N(C)C2CCCCC2Br)c(C)c1. The molecule has 2 unspecified atom stereocenters. The quantitative estimate of drug-likeness (QED) is 0.751. The zero-order chi connectivity index (χ0) is 14.0. The Morgan fingerprint density at radius 1 is 1.26 bits per heavy atom. The first-order valence-corrected chi connectivity index (χ1v) is 7.90. The molecule has 2 atom stereocenters. The minimum atomic E-state index is 0.147. The first kappa shape index (κ1) is 14.6. The van der Waals surface area contributed by atoms with Gasteiger partial charge in [-0.3, -0.25) is 4.79 Å². The van der Waals surface area contributed by atoms with Crippen LogP contribution in [0.3, 0.4) is 0 Å². The van der Waals surface area contributed by atoms with Crippen LogP contribution in [0.5, 0.6) is 0 Å². The second-order valence-corrected chi connectivity index (χ2v) is 6.78. The maximum Gasteiger partial charge on any atom is 0.254 e. The molecule has 1 fully saturated rings. The molecule has 0 aliphatic heterocycles. The first-order chi connectivity index (χ1) is 9.00. The van der Waals surface area contributed by atoms with Crippen LogP contribution >= 0.6 is 15.9 Å². The van der Waals surface area contributed by atoms with E-state index in [0.717, 1.165) is 24.0 Å². The topological polar surface area (TPSA) is 20.3 Å². The highest BCUT2D eigenvalue weighted by Crippen LogP contribution is 2.29. The predicted molar refractivity (Wildman–Crippen MR) is 83.0 cm³/mol. The molecule has 1 aromatic carbocycles. The third-order valence-corrected chi connectivity index (χ3v) is 5.15. The summed E-state index contributed by atoms with van der Waals surface area (Å²) >= 11 is 3.73. The van der Waals surface area contributed by atoms with Crippen molar-refractivity contribution in [2.75, 3.05) is 7.05 Å². The molecule has 2 rings (SSSR count). The van der Waals surface area contributed by atoms with Crippen molar-refractivity contribution < 1.29 is 4.79 Å². The van der Waals surface area contributed by atoms with E-state index in [1.807, 2.05) is 31.0 Å². The van der Waals surface area contributed by atoms with Crippen molar-refractivity contribution in [1.82, 2.24) is 4.90 Å². The molecule has 1 saturated carbocycles. The van der Waals surface area contributed by atoms with E-state index in [2.05, 4.69) is 28.9 Å². The van der Waals surface area contributed by atoms with E-state index in [1.165, 1.54) is 18.4 Å². The molecule has 0 spiro atoms. The highest BCUT2D eigenvalue weighted by molar-refractivity contribution is 9.09. The molecule has 1 aliphatic rings. The summed E-state index contributed by atoms with van der Waals surface area (Å²) in [7, 11) is 1.94. The number of halogens is 1. The predicted octanol–water partition coefficient (Wildman–Crippen LogP) is 4.08. The van der Waals surface area contributed by atoms with Gasteiger partial charge in [0.25, 0.3) is 5.91 Å². The average molecular weight is 324 g/mol. The summed E-state index contributed by atoms with van der Waals surface area (Å²) in [5, 5.41) is 0. The number of nitrogens with zero attached hydrogens (tertiary/aromatic N) is 1. The van der Waals surface area contributed by atoms with E-state index in [1.54, 1.807) is 0 Å². The van der Waals surface area contributed by atoms with Gasteiger partial charge in [-0.1, -0.05) is 46.5 Å². The van der Waals surface area contributed by atoms with E-state index in [-0.39, 0.29) is 5.91 Å². The zero-order valence-electron chi connectivity index (χ0n) is 11.9. The van der Waals surface area contributed by atoms with E-state index in [0.29, 0.717) is 10.9 Å². The van der Waals surface area contributed by atoms with Crippen molar-refractivity contribution in [2.24, 2.45) is 0 Å². The van der Waals surface area contributed by atoms with E-state index >= 15 is 0 Å². The number of hydrogen-bond acceptors (Lipinski definition) is 1. The van der Waals surface area contributed by atoms with Gasteiger partial charge < -0.3 is 4.90 Å². The molecule has 0 aromatic heterocycles. The smallest absolute Gasteiger partial charge is 0.254 e. The molecule has 0 heterocycles. The van der Waals surface area contributed by atoms with Crippen molar-refractivity contribution in [3.05, 3.63) is 34.9 Å². The van der Waals surface area contributed by atoms with Crippen LogP contribution in [0.25, 0.3) is 0 Å². The van der Waals surface area contributed by atoms with Crippen molar-refractivity contribution in [3.63, 3.8) is 0 Å². The van der Waals surface area contributed by atoms with E-state index in [4.69, 9.17) is 0 Å². The number of rotatable bonds is 2. The fraction of sp³-hybridized carbons (Fsp3) is 0.562. The van der Waals surface area contributed by atoms with Crippen LogP contribution in [0.15, 0.2) is 18.2 Å². The summed E-state index contributed by atoms with van der Waals surface area (Å²) < 4.78 is 0. The number of hydrogen-bond donors (Lipinski definition) is 0. The molecule has 0 N–H and O–H groups in total. The Morgan fingerprint density at radius 2 is 1.95 bits per heavy atom. The number of alkyl halides is 1. The Hall–Kier alpha value is -0.830. The highest BCUT2D eigenvalue weighted by atomic mass is 79.9. The lowest BCUT2D eigenvalue weighted by Crippen LogP contribution is -2.44. The van der Waals surface area contributed by atoms with Gasteiger partial charge in [-0.05, 0) is 38.3 Å². The van der Waals surface area contributed by atoms with Gasteiger partial charge in [0.15, 0.2) is 0 Å². The number of benzene rings is 1. The highest BCUT2D eigenvalue weighted by Gasteiger charge is 2.29. The summed E-state index contributed by atoms with van der Waals surface area (Å²) in [6, 6.07) is 6.37. The molecule has 1 aromatic rings. The lowest BCUT2D eigenvalue weighted by Gasteiger charge is -2.35. The van der Waals surface area contributed by atoms with Crippen molar-refractivity contribution in [2.45, 2.75) is 50.4 Å². The Morgan fingerprint density at radius 3 is 2.58 bits per heavy atom. The van der Waals surface area contributed by atoms with Crippen LogP contribution in [0, 0.1) is 13.8 Å².